The van der Waals surface area contributed by atoms with E-state index in [0.717, 1.165) is 22.0 Å². The number of halogens is 1. The summed E-state index contributed by atoms with van der Waals surface area (Å²) in [4.78, 5) is 29.6. The van der Waals surface area contributed by atoms with E-state index < -0.39 is 11.9 Å². The van der Waals surface area contributed by atoms with Crippen LogP contribution in [0, 0.1) is 5.92 Å². The first-order valence-electron chi connectivity index (χ1n) is 9.80. The molecule has 2 heterocycles. The molecule has 1 amide bonds. The van der Waals surface area contributed by atoms with Crippen molar-refractivity contribution in [3.8, 4) is 16.9 Å². The van der Waals surface area contributed by atoms with Gasteiger partial charge in [0.15, 0.2) is 6.61 Å². The van der Waals surface area contributed by atoms with Crippen molar-refractivity contribution in [1.29, 1.82) is 0 Å². The van der Waals surface area contributed by atoms with Crippen LogP contribution in [-0.2, 0) is 9.59 Å². The van der Waals surface area contributed by atoms with E-state index in [1.807, 2.05) is 36.4 Å². The third-order valence-corrected chi connectivity index (χ3v) is 5.69. The molecule has 4 rings (SSSR count). The van der Waals surface area contributed by atoms with Gasteiger partial charge in [0.1, 0.15) is 5.75 Å². The standard InChI is InChI=1S/C23H21ClN2O4/c24-20-6-2-1-5-18(20)17-9-10-25-21-12-16(7-8-19(17)21)30-14-22(27)26-11-3-4-15(13-26)23(28)29/h1-2,5-10,12,15H,3-4,11,13-14H2,(H,28,29). The molecule has 1 aliphatic rings. The SMILES string of the molecule is O=C(O)C1CCCN(C(=O)COc2ccc3c(-c4ccccc4Cl)ccnc3c2)C1. The molecule has 1 atom stereocenters. The Morgan fingerprint density at radius 3 is 2.80 bits per heavy atom. The lowest BCUT2D eigenvalue weighted by molar-refractivity contribution is -0.146. The third kappa shape index (κ3) is 4.24. The quantitative estimate of drug-likeness (QED) is 0.662. The number of aliphatic carboxylic acids is 1. The van der Waals surface area contributed by atoms with E-state index in [2.05, 4.69) is 4.98 Å². The molecule has 0 saturated carbocycles. The van der Waals surface area contributed by atoms with Crippen LogP contribution in [0.15, 0.2) is 54.7 Å². The Bertz CT molecular complexity index is 1100. The minimum absolute atomic E-state index is 0.137. The van der Waals surface area contributed by atoms with Crippen LogP contribution in [0.1, 0.15) is 12.8 Å². The van der Waals surface area contributed by atoms with Crippen LogP contribution >= 0.6 is 11.6 Å². The van der Waals surface area contributed by atoms with Crippen molar-refractivity contribution in [3.05, 3.63) is 59.8 Å². The summed E-state index contributed by atoms with van der Waals surface area (Å²) in [6, 6.07) is 15.0. The summed E-state index contributed by atoms with van der Waals surface area (Å²) in [6.45, 7) is 0.659. The number of fused-ring (bicyclic) bond motifs is 1. The molecule has 6 nitrogen and oxygen atoms in total. The Balaban J connectivity index is 1.49. The van der Waals surface area contributed by atoms with Crippen LogP contribution in [-0.4, -0.2) is 46.6 Å². The number of hydrogen-bond donors (Lipinski definition) is 1. The summed E-state index contributed by atoms with van der Waals surface area (Å²) in [5.41, 5.74) is 2.64. The van der Waals surface area contributed by atoms with Crippen molar-refractivity contribution < 1.29 is 19.4 Å². The molecule has 2 aromatic carbocycles. The molecule has 0 bridgehead atoms. The smallest absolute Gasteiger partial charge is 0.308 e. The molecule has 30 heavy (non-hydrogen) atoms. The summed E-state index contributed by atoms with van der Waals surface area (Å²) < 4.78 is 5.69. The van der Waals surface area contributed by atoms with Gasteiger partial charge >= 0.3 is 5.97 Å². The van der Waals surface area contributed by atoms with Gasteiger partial charge in [-0.3, -0.25) is 14.6 Å². The molecule has 7 heteroatoms. The van der Waals surface area contributed by atoms with Gasteiger partial charge in [0.2, 0.25) is 0 Å². The maximum atomic E-state index is 12.5. The number of aromatic nitrogens is 1. The van der Waals surface area contributed by atoms with Gasteiger partial charge in [-0.1, -0.05) is 29.8 Å². The summed E-state index contributed by atoms with van der Waals surface area (Å²) in [5, 5.41) is 10.8. The number of rotatable bonds is 5. The number of nitrogens with zero attached hydrogens (tertiary/aromatic N) is 2. The van der Waals surface area contributed by atoms with Gasteiger partial charge in [-0.2, -0.15) is 0 Å². The largest absolute Gasteiger partial charge is 0.484 e. The fraction of sp³-hybridized carbons (Fsp3) is 0.261. The van der Waals surface area contributed by atoms with E-state index in [1.54, 1.807) is 23.2 Å². The Labute approximate surface area is 179 Å². The molecule has 3 aromatic rings. The molecule has 0 radical (unpaired) electrons. The highest BCUT2D eigenvalue weighted by atomic mass is 35.5. The van der Waals surface area contributed by atoms with Crippen molar-refractivity contribution in [3.63, 3.8) is 0 Å². The van der Waals surface area contributed by atoms with E-state index in [0.29, 0.717) is 30.2 Å². The average Bonchev–Trinajstić information content (AvgIpc) is 2.77. The summed E-state index contributed by atoms with van der Waals surface area (Å²) in [5.74, 6) is -1.04. The summed E-state index contributed by atoms with van der Waals surface area (Å²) in [6.07, 6.45) is 3.01. The number of likely N-dealkylation sites (tertiary alicyclic amines) is 1. The van der Waals surface area contributed by atoms with Gasteiger partial charge in [0.05, 0.1) is 11.4 Å². The van der Waals surface area contributed by atoms with Crippen LogP contribution in [0.25, 0.3) is 22.0 Å². The minimum atomic E-state index is -0.858. The first-order chi connectivity index (χ1) is 14.5. The van der Waals surface area contributed by atoms with E-state index in [1.165, 1.54) is 0 Å². The molecule has 0 aliphatic carbocycles. The van der Waals surface area contributed by atoms with Gasteiger partial charge in [-0.25, -0.2) is 0 Å². The lowest BCUT2D eigenvalue weighted by Crippen LogP contribution is -2.44. The van der Waals surface area contributed by atoms with Crippen molar-refractivity contribution in [2.75, 3.05) is 19.7 Å². The minimum Gasteiger partial charge on any atom is -0.484 e. The second-order valence-corrected chi connectivity index (χ2v) is 7.73. The highest BCUT2D eigenvalue weighted by Crippen LogP contribution is 2.33. The number of carboxylic acid groups (broad SMARTS) is 1. The van der Waals surface area contributed by atoms with Crippen LogP contribution < -0.4 is 4.74 Å². The lowest BCUT2D eigenvalue weighted by atomic mass is 9.98. The Morgan fingerprint density at radius 2 is 2.00 bits per heavy atom. The molecule has 1 unspecified atom stereocenters. The Morgan fingerprint density at radius 1 is 1.17 bits per heavy atom. The number of hydrogen-bond acceptors (Lipinski definition) is 4. The lowest BCUT2D eigenvalue weighted by Gasteiger charge is -2.30. The van der Waals surface area contributed by atoms with Crippen LogP contribution in [0.4, 0.5) is 0 Å². The Kier molecular flexibility index (Phi) is 5.86. The number of piperidine rings is 1. The van der Waals surface area contributed by atoms with Gasteiger partial charge < -0.3 is 14.7 Å². The van der Waals surface area contributed by atoms with Gasteiger partial charge in [-0.15, -0.1) is 0 Å². The predicted molar refractivity (Wildman–Crippen MR) is 115 cm³/mol. The molecule has 1 saturated heterocycles. The van der Waals surface area contributed by atoms with E-state index in [9.17, 15) is 14.7 Å². The number of carbonyl (C=O) groups is 2. The number of carboxylic acids is 1. The fourth-order valence-electron chi connectivity index (χ4n) is 3.77. The number of ether oxygens (including phenoxy) is 1. The first-order valence-corrected chi connectivity index (χ1v) is 10.2. The van der Waals surface area contributed by atoms with E-state index >= 15 is 0 Å². The zero-order valence-corrected chi connectivity index (χ0v) is 17.0. The molecular formula is C23H21ClN2O4. The second-order valence-electron chi connectivity index (χ2n) is 7.32. The van der Waals surface area contributed by atoms with E-state index in [4.69, 9.17) is 16.3 Å². The van der Waals surface area contributed by atoms with Crippen molar-refractivity contribution >= 4 is 34.4 Å². The molecule has 1 fully saturated rings. The number of benzene rings is 2. The topological polar surface area (TPSA) is 79.7 Å². The number of amides is 1. The van der Waals surface area contributed by atoms with E-state index in [-0.39, 0.29) is 19.1 Å². The second kappa shape index (κ2) is 8.71. The van der Waals surface area contributed by atoms with Gasteiger partial charge in [0, 0.05) is 41.3 Å². The maximum absolute atomic E-state index is 12.5. The molecular weight excluding hydrogens is 404 g/mol. The molecule has 0 spiro atoms. The third-order valence-electron chi connectivity index (χ3n) is 5.36. The fourth-order valence-corrected chi connectivity index (χ4v) is 4.01. The summed E-state index contributed by atoms with van der Waals surface area (Å²) in [7, 11) is 0. The van der Waals surface area contributed by atoms with Crippen molar-refractivity contribution in [1.82, 2.24) is 9.88 Å². The molecule has 1 aliphatic heterocycles. The molecule has 1 aromatic heterocycles. The normalized spacial score (nSPS) is 16.4. The highest BCUT2D eigenvalue weighted by molar-refractivity contribution is 6.33. The average molecular weight is 425 g/mol. The number of carbonyl (C=O) groups excluding carboxylic acids is 1. The van der Waals surface area contributed by atoms with Crippen molar-refractivity contribution in [2.24, 2.45) is 5.92 Å². The Hall–Kier alpha value is -3.12. The predicted octanol–water partition coefficient (Wildman–Crippen LogP) is 4.26. The zero-order chi connectivity index (χ0) is 21.1. The monoisotopic (exact) mass is 424 g/mol. The van der Waals surface area contributed by atoms with Crippen LogP contribution in [0.3, 0.4) is 0 Å². The zero-order valence-electron chi connectivity index (χ0n) is 16.3. The number of pyridine rings is 1. The van der Waals surface area contributed by atoms with Crippen LogP contribution in [0.5, 0.6) is 5.75 Å². The summed E-state index contributed by atoms with van der Waals surface area (Å²) >= 11 is 6.35. The van der Waals surface area contributed by atoms with Gasteiger partial charge in [0.25, 0.3) is 5.91 Å². The van der Waals surface area contributed by atoms with Crippen molar-refractivity contribution in [2.45, 2.75) is 12.8 Å². The highest BCUT2D eigenvalue weighted by Gasteiger charge is 2.28. The van der Waals surface area contributed by atoms with Gasteiger partial charge in [-0.05, 0) is 42.7 Å². The molecule has 154 valence electrons. The molecule has 1 N–H and O–H groups in total. The first kappa shape index (κ1) is 20.2. The van der Waals surface area contributed by atoms with Crippen LogP contribution in [0.2, 0.25) is 5.02 Å². The maximum Gasteiger partial charge on any atom is 0.308 e.